The molecule has 1 saturated carbocycles. The molecule has 0 bridgehead atoms. The number of rotatable bonds is 4. The Hall–Kier alpha value is -1.10. The van der Waals surface area contributed by atoms with Gasteiger partial charge >= 0.3 is 0 Å². The maximum absolute atomic E-state index is 12.2. The second-order valence-electron chi connectivity index (χ2n) is 5.80. The lowest BCUT2D eigenvalue weighted by atomic mass is 9.94. The van der Waals surface area contributed by atoms with Crippen LogP contribution < -0.4 is 16.4 Å². The zero-order valence-electron chi connectivity index (χ0n) is 12.2. The van der Waals surface area contributed by atoms with E-state index in [1.807, 2.05) is 13.8 Å². The van der Waals surface area contributed by atoms with E-state index in [1.54, 1.807) is 6.92 Å². The third-order valence-electron chi connectivity index (χ3n) is 3.59. The first-order valence-corrected chi connectivity index (χ1v) is 7.28. The summed E-state index contributed by atoms with van der Waals surface area (Å²) in [5.74, 6) is -0.386. The summed E-state index contributed by atoms with van der Waals surface area (Å²) in [5, 5.41) is 5.57. The molecule has 1 rings (SSSR count). The second kappa shape index (κ2) is 7.48. The van der Waals surface area contributed by atoms with Gasteiger partial charge in [0, 0.05) is 12.1 Å². The van der Waals surface area contributed by atoms with Gasteiger partial charge in [-0.05, 0) is 33.6 Å². The average molecular weight is 269 g/mol. The Bertz CT molecular complexity index is 318. The van der Waals surface area contributed by atoms with Crippen LogP contribution in [0.2, 0.25) is 0 Å². The SMILES string of the molecule is CC(C)NC(=O)C(C)NC(=O)C1CCCCCC1N. The van der Waals surface area contributed by atoms with E-state index in [2.05, 4.69) is 10.6 Å². The van der Waals surface area contributed by atoms with Gasteiger partial charge in [-0.15, -0.1) is 0 Å². The monoisotopic (exact) mass is 269 g/mol. The summed E-state index contributed by atoms with van der Waals surface area (Å²) in [6.07, 6.45) is 4.99. The highest BCUT2D eigenvalue weighted by Crippen LogP contribution is 2.22. The molecule has 5 heteroatoms. The molecule has 4 N–H and O–H groups in total. The number of hydrogen-bond donors (Lipinski definition) is 3. The predicted molar refractivity (Wildman–Crippen MR) is 75.4 cm³/mol. The quantitative estimate of drug-likeness (QED) is 0.664. The molecule has 0 heterocycles. The van der Waals surface area contributed by atoms with Crippen LogP contribution in [0.5, 0.6) is 0 Å². The van der Waals surface area contributed by atoms with Crippen molar-refractivity contribution in [3.05, 3.63) is 0 Å². The van der Waals surface area contributed by atoms with Crippen LogP contribution in [0.4, 0.5) is 0 Å². The minimum absolute atomic E-state index is 0.0759. The fourth-order valence-corrected chi connectivity index (χ4v) is 2.46. The number of nitrogens with one attached hydrogen (secondary N) is 2. The summed E-state index contributed by atoms with van der Waals surface area (Å²) < 4.78 is 0. The first-order valence-electron chi connectivity index (χ1n) is 7.28. The molecule has 0 aromatic carbocycles. The molecule has 0 aliphatic heterocycles. The number of hydrogen-bond acceptors (Lipinski definition) is 3. The fraction of sp³-hybridized carbons (Fsp3) is 0.857. The molecule has 0 aromatic heterocycles. The number of nitrogens with two attached hydrogens (primary N) is 1. The molecule has 0 spiro atoms. The van der Waals surface area contributed by atoms with Gasteiger partial charge in [0.15, 0.2) is 0 Å². The highest BCUT2D eigenvalue weighted by molar-refractivity contribution is 5.88. The van der Waals surface area contributed by atoms with E-state index in [4.69, 9.17) is 5.73 Å². The van der Waals surface area contributed by atoms with Crippen LogP contribution >= 0.6 is 0 Å². The molecule has 0 aromatic rings. The summed E-state index contributed by atoms with van der Waals surface area (Å²) in [6, 6.07) is -0.514. The van der Waals surface area contributed by atoms with Gasteiger partial charge in [0.05, 0.1) is 5.92 Å². The van der Waals surface area contributed by atoms with Gasteiger partial charge in [-0.1, -0.05) is 19.3 Å². The van der Waals surface area contributed by atoms with Crippen molar-refractivity contribution >= 4 is 11.8 Å². The molecular formula is C14H27N3O2. The normalized spacial score (nSPS) is 25.5. The lowest BCUT2D eigenvalue weighted by Crippen LogP contribution is -2.50. The van der Waals surface area contributed by atoms with Crippen molar-refractivity contribution in [3.8, 4) is 0 Å². The lowest BCUT2D eigenvalue weighted by Gasteiger charge is -2.23. The Morgan fingerprint density at radius 3 is 2.32 bits per heavy atom. The number of amides is 2. The van der Waals surface area contributed by atoms with Gasteiger partial charge < -0.3 is 16.4 Å². The van der Waals surface area contributed by atoms with E-state index in [-0.39, 0.29) is 29.8 Å². The average Bonchev–Trinajstić information content (AvgIpc) is 2.52. The molecule has 2 amide bonds. The highest BCUT2D eigenvalue weighted by Gasteiger charge is 2.28. The largest absolute Gasteiger partial charge is 0.352 e. The van der Waals surface area contributed by atoms with Gasteiger partial charge in [0.25, 0.3) is 0 Å². The molecule has 3 atom stereocenters. The van der Waals surface area contributed by atoms with Gasteiger partial charge in [0.1, 0.15) is 6.04 Å². The van der Waals surface area contributed by atoms with Crippen molar-refractivity contribution in [1.29, 1.82) is 0 Å². The molecule has 3 unspecified atom stereocenters. The molecule has 1 fully saturated rings. The summed E-state index contributed by atoms with van der Waals surface area (Å²) in [5.41, 5.74) is 6.05. The third kappa shape index (κ3) is 5.19. The van der Waals surface area contributed by atoms with Crippen molar-refractivity contribution in [2.24, 2.45) is 11.7 Å². The van der Waals surface area contributed by atoms with Crippen molar-refractivity contribution in [1.82, 2.24) is 10.6 Å². The Balaban J connectivity index is 2.50. The fourth-order valence-electron chi connectivity index (χ4n) is 2.46. The van der Waals surface area contributed by atoms with Crippen LogP contribution in [-0.2, 0) is 9.59 Å². The molecule has 0 radical (unpaired) electrons. The Morgan fingerprint density at radius 1 is 1.05 bits per heavy atom. The van der Waals surface area contributed by atoms with Crippen molar-refractivity contribution in [2.45, 2.75) is 71.0 Å². The van der Waals surface area contributed by atoms with E-state index < -0.39 is 6.04 Å². The Labute approximate surface area is 115 Å². The summed E-state index contributed by atoms with van der Waals surface area (Å²) in [7, 11) is 0. The minimum Gasteiger partial charge on any atom is -0.352 e. The molecular weight excluding hydrogens is 242 g/mol. The molecule has 110 valence electrons. The van der Waals surface area contributed by atoms with Crippen LogP contribution in [0, 0.1) is 5.92 Å². The maximum Gasteiger partial charge on any atom is 0.242 e. The standard InChI is InChI=1S/C14H27N3O2/c1-9(2)16-13(18)10(3)17-14(19)11-7-5-4-6-8-12(11)15/h9-12H,4-8,15H2,1-3H3,(H,16,18)(H,17,19). The van der Waals surface area contributed by atoms with E-state index in [0.29, 0.717) is 0 Å². The molecule has 0 saturated heterocycles. The zero-order chi connectivity index (χ0) is 14.4. The molecule has 19 heavy (non-hydrogen) atoms. The van der Waals surface area contributed by atoms with Crippen LogP contribution in [0.3, 0.4) is 0 Å². The van der Waals surface area contributed by atoms with Crippen molar-refractivity contribution < 1.29 is 9.59 Å². The third-order valence-corrected chi connectivity index (χ3v) is 3.59. The molecule has 1 aliphatic rings. The topological polar surface area (TPSA) is 84.2 Å². The first kappa shape index (κ1) is 16.0. The molecule has 5 nitrogen and oxygen atoms in total. The summed E-state index contributed by atoms with van der Waals surface area (Å²) in [4.78, 5) is 24.0. The Kier molecular flexibility index (Phi) is 6.28. The molecule has 1 aliphatic carbocycles. The van der Waals surface area contributed by atoms with Gasteiger partial charge in [-0.2, -0.15) is 0 Å². The second-order valence-corrected chi connectivity index (χ2v) is 5.80. The maximum atomic E-state index is 12.2. The van der Waals surface area contributed by atoms with Crippen LogP contribution in [-0.4, -0.2) is 29.9 Å². The predicted octanol–water partition coefficient (Wildman–Crippen LogP) is 0.923. The van der Waals surface area contributed by atoms with E-state index in [1.165, 1.54) is 0 Å². The van der Waals surface area contributed by atoms with E-state index in [0.717, 1.165) is 32.1 Å². The number of carbonyl (C=O) groups is 2. The van der Waals surface area contributed by atoms with Crippen LogP contribution in [0.25, 0.3) is 0 Å². The first-order chi connectivity index (χ1) is 8.91. The Morgan fingerprint density at radius 2 is 1.68 bits per heavy atom. The van der Waals surface area contributed by atoms with Crippen LogP contribution in [0.1, 0.15) is 52.9 Å². The van der Waals surface area contributed by atoms with Gasteiger partial charge in [-0.25, -0.2) is 0 Å². The summed E-state index contributed by atoms with van der Waals surface area (Å²) in [6.45, 7) is 5.50. The summed E-state index contributed by atoms with van der Waals surface area (Å²) >= 11 is 0. The van der Waals surface area contributed by atoms with Crippen LogP contribution in [0.15, 0.2) is 0 Å². The minimum atomic E-state index is -0.509. The highest BCUT2D eigenvalue weighted by atomic mass is 16.2. The van der Waals surface area contributed by atoms with E-state index >= 15 is 0 Å². The number of carbonyl (C=O) groups excluding carboxylic acids is 2. The van der Waals surface area contributed by atoms with Crippen molar-refractivity contribution in [2.75, 3.05) is 0 Å². The van der Waals surface area contributed by atoms with Crippen molar-refractivity contribution in [3.63, 3.8) is 0 Å². The lowest BCUT2D eigenvalue weighted by molar-refractivity contribution is -0.131. The van der Waals surface area contributed by atoms with Gasteiger partial charge in [0.2, 0.25) is 11.8 Å². The van der Waals surface area contributed by atoms with Gasteiger partial charge in [-0.3, -0.25) is 9.59 Å². The van der Waals surface area contributed by atoms with E-state index in [9.17, 15) is 9.59 Å². The smallest absolute Gasteiger partial charge is 0.242 e. The zero-order valence-corrected chi connectivity index (χ0v) is 12.2.